The van der Waals surface area contributed by atoms with Gasteiger partial charge in [-0.2, -0.15) is 0 Å². The maximum absolute atomic E-state index is 12.3. The highest BCUT2D eigenvalue weighted by molar-refractivity contribution is 5.93. The van der Waals surface area contributed by atoms with E-state index in [1.807, 2.05) is 25.3 Å². The van der Waals surface area contributed by atoms with Crippen LogP contribution in [0.1, 0.15) is 75.8 Å². The van der Waals surface area contributed by atoms with E-state index >= 15 is 0 Å². The number of ether oxygens (including phenoxy) is 2. The standard InChI is InChI=1S/C30H37NO5/c1-19(32)36-31-17-20-5-7-21(8-6-20)26-16-29(2)27(13-14-30(29,35-4)18-34-3)25-11-9-22-15-23(33)10-12-24(22)28(25)26/h5-8,15,17,25-27H,9-14,16,18H2,1-4H3/b31-17+/t25?,26-,27?,29+,30-/m1/s1. The van der Waals surface area contributed by atoms with Crippen molar-refractivity contribution in [1.82, 2.24) is 0 Å². The van der Waals surface area contributed by atoms with E-state index in [2.05, 4.69) is 24.2 Å². The fraction of sp³-hybridized carbons (Fsp3) is 0.567. The van der Waals surface area contributed by atoms with Gasteiger partial charge in [0.25, 0.3) is 0 Å². The van der Waals surface area contributed by atoms with Crippen molar-refractivity contribution in [3.63, 3.8) is 0 Å². The lowest BCUT2D eigenvalue weighted by atomic mass is 9.51. The number of oxime groups is 1. The third-order valence-electron chi connectivity index (χ3n) is 9.51. The number of fused-ring (bicyclic) bond motifs is 4. The molecule has 6 nitrogen and oxygen atoms in total. The molecule has 36 heavy (non-hydrogen) atoms. The molecule has 0 aromatic heterocycles. The van der Waals surface area contributed by atoms with E-state index in [1.54, 1.807) is 18.9 Å². The zero-order chi connectivity index (χ0) is 25.5. The molecule has 5 atom stereocenters. The Morgan fingerprint density at radius 2 is 1.92 bits per heavy atom. The first-order valence-electron chi connectivity index (χ1n) is 13.1. The summed E-state index contributed by atoms with van der Waals surface area (Å²) in [5.41, 5.74) is 6.12. The van der Waals surface area contributed by atoms with Gasteiger partial charge in [0.1, 0.15) is 0 Å². The number of rotatable bonds is 6. The van der Waals surface area contributed by atoms with E-state index in [4.69, 9.17) is 14.3 Å². The molecule has 0 aliphatic heterocycles. The third-order valence-corrected chi connectivity index (χ3v) is 9.51. The van der Waals surface area contributed by atoms with Gasteiger partial charge in [-0.1, -0.05) is 41.9 Å². The second kappa shape index (κ2) is 9.71. The normalized spacial score (nSPS) is 33.7. The first-order chi connectivity index (χ1) is 17.3. The van der Waals surface area contributed by atoms with Crippen LogP contribution in [0.5, 0.6) is 0 Å². The third kappa shape index (κ3) is 4.08. The average Bonchev–Trinajstić information content (AvgIpc) is 3.15. The number of hydrogen-bond donors (Lipinski definition) is 0. The smallest absolute Gasteiger partial charge is 0.331 e. The molecule has 6 heteroatoms. The van der Waals surface area contributed by atoms with Crippen LogP contribution < -0.4 is 0 Å². The maximum atomic E-state index is 12.3. The summed E-state index contributed by atoms with van der Waals surface area (Å²) in [6, 6.07) is 8.43. The van der Waals surface area contributed by atoms with Crippen LogP contribution in [0.15, 0.2) is 52.2 Å². The lowest BCUT2D eigenvalue weighted by Gasteiger charge is -2.55. The molecule has 0 spiro atoms. The predicted octanol–water partition coefficient (Wildman–Crippen LogP) is 5.51. The van der Waals surface area contributed by atoms with Crippen molar-refractivity contribution in [3.8, 4) is 0 Å². The van der Waals surface area contributed by atoms with Crippen molar-refractivity contribution in [3.05, 3.63) is 58.2 Å². The lowest BCUT2D eigenvalue weighted by Crippen LogP contribution is -2.54. The molecule has 1 aromatic rings. The van der Waals surface area contributed by atoms with Crippen LogP contribution in [0.4, 0.5) is 0 Å². The quantitative estimate of drug-likeness (QED) is 0.298. The van der Waals surface area contributed by atoms with E-state index in [0.717, 1.165) is 44.1 Å². The summed E-state index contributed by atoms with van der Waals surface area (Å²) in [6.07, 6.45) is 10.2. The summed E-state index contributed by atoms with van der Waals surface area (Å²) in [6.45, 7) is 4.37. The van der Waals surface area contributed by atoms with Crippen LogP contribution in [-0.2, 0) is 23.9 Å². The number of ketones is 1. The minimum atomic E-state index is -0.436. The van der Waals surface area contributed by atoms with Gasteiger partial charge in [-0.15, -0.1) is 0 Å². The zero-order valence-electron chi connectivity index (χ0n) is 21.8. The molecule has 0 N–H and O–H groups in total. The van der Waals surface area contributed by atoms with Gasteiger partial charge < -0.3 is 14.3 Å². The Morgan fingerprint density at radius 1 is 1.14 bits per heavy atom. The van der Waals surface area contributed by atoms with Crippen LogP contribution in [0.2, 0.25) is 0 Å². The molecular formula is C30H37NO5. The number of carbonyl (C=O) groups excluding carboxylic acids is 2. The van der Waals surface area contributed by atoms with Crippen molar-refractivity contribution >= 4 is 18.0 Å². The Hall–Kier alpha value is -2.57. The minimum absolute atomic E-state index is 0.0156. The van der Waals surface area contributed by atoms with Gasteiger partial charge in [0.2, 0.25) is 0 Å². The Bertz CT molecular complexity index is 1130. The SMILES string of the molecule is COC[C@]1(OC)CCC2C3CCC4=CC(=O)CCC4=C3[C@@H](c3ccc(/C=N/OC(C)=O)cc3)C[C@@]21C. The number of allylic oxidation sites excluding steroid dienone is 4. The second-order valence-corrected chi connectivity index (χ2v) is 11.1. The average molecular weight is 492 g/mol. The minimum Gasteiger partial charge on any atom is -0.382 e. The monoisotopic (exact) mass is 491 g/mol. The topological polar surface area (TPSA) is 74.2 Å². The molecule has 2 saturated carbocycles. The highest BCUT2D eigenvalue weighted by atomic mass is 16.7. The van der Waals surface area contributed by atoms with Gasteiger partial charge >= 0.3 is 5.97 Å². The van der Waals surface area contributed by atoms with Crippen LogP contribution in [-0.4, -0.2) is 44.4 Å². The number of methoxy groups -OCH3 is 2. The number of nitrogens with zero attached hydrogens (tertiary/aromatic N) is 1. The highest BCUT2D eigenvalue weighted by Crippen LogP contribution is 2.67. The van der Waals surface area contributed by atoms with Gasteiger partial charge in [0.15, 0.2) is 5.78 Å². The van der Waals surface area contributed by atoms with Crippen molar-refractivity contribution in [2.75, 3.05) is 20.8 Å². The molecule has 2 fully saturated rings. The molecule has 4 aliphatic rings. The molecule has 0 saturated heterocycles. The van der Waals surface area contributed by atoms with Crippen molar-refractivity contribution in [1.29, 1.82) is 0 Å². The lowest BCUT2D eigenvalue weighted by molar-refractivity contribution is -0.149. The van der Waals surface area contributed by atoms with Gasteiger partial charge in [0.05, 0.1) is 18.4 Å². The van der Waals surface area contributed by atoms with E-state index < -0.39 is 5.97 Å². The molecular weight excluding hydrogens is 454 g/mol. The molecule has 2 unspecified atom stereocenters. The van der Waals surface area contributed by atoms with Gasteiger partial charge in [-0.25, -0.2) is 4.79 Å². The Balaban J connectivity index is 1.58. The highest BCUT2D eigenvalue weighted by Gasteiger charge is 2.63. The number of benzene rings is 1. The van der Waals surface area contributed by atoms with Crippen molar-refractivity contribution in [2.45, 2.75) is 70.3 Å². The molecule has 5 rings (SSSR count). The zero-order valence-corrected chi connectivity index (χ0v) is 21.8. The van der Waals surface area contributed by atoms with Gasteiger partial charge in [0, 0.05) is 38.9 Å². The fourth-order valence-corrected chi connectivity index (χ4v) is 7.88. The first kappa shape index (κ1) is 25.1. The molecule has 4 aliphatic carbocycles. The van der Waals surface area contributed by atoms with Crippen LogP contribution >= 0.6 is 0 Å². The Kier molecular flexibility index (Phi) is 6.77. The van der Waals surface area contributed by atoms with Crippen molar-refractivity contribution in [2.24, 2.45) is 22.4 Å². The van der Waals surface area contributed by atoms with Crippen molar-refractivity contribution < 1.29 is 23.9 Å². The number of hydrogen-bond acceptors (Lipinski definition) is 6. The molecule has 1 aromatic carbocycles. The maximum Gasteiger partial charge on any atom is 0.331 e. The van der Waals surface area contributed by atoms with Crippen LogP contribution in [0.25, 0.3) is 0 Å². The van der Waals surface area contributed by atoms with Crippen LogP contribution in [0.3, 0.4) is 0 Å². The summed E-state index contributed by atoms with van der Waals surface area (Å²) in [4.78, 5) is 28.0. The summed E-state index contributed by atoms with van der Waals surface area (Å²) in [7, 11) is 3.62. The summed E-state index contributed by atoms with van der Waals surface area (Å²) >= 11 is 0. The van der Waals surface area contributed by atoms with E-state index in [9.17, 15) is 9.59 Å². The molecule has 0 bridgehead atoms. The van der Waals surface area contributed by atoms with Gasteiger partial charge in [-0.3, -0.25) is 4.79 Å². The Labute approximate surface area is 213 Å². The largest absolute Gasteiger partial charge is 0.382 e. The predicted molar refractivity (Wildman–Crippen MR) is 138 cm³/mol. The molecule has 0 amide bonds. The molecule has 0 radical (unpaired) electrons. The van der Waals surface area contributed by atoms with Gasteiger partial charge in [-0.05, 0) is 78.7 Å². The van der Waals surface area contributed by atoms with E-state index in [1.165, 1.54) is 23.6 Å². The molecule has 0 heterocycles. The number of carbonyl (C=O) groups is 2. The second-order valence-electron chi connectivity index (χ2n) is 11.1. The summed E-state index contributed by atoms with van der Waals surface area (Å²) in [5.74, 6) is 1.12. The fourth-order valence-electron chi connectivity index (χ4n) is 7.88. The van der Waals surface area contributed by atoms with E-state index in [0.29, 0.717) is 24.9 Å². The first-order valence-corrected chi connectivity index (χ1v) is 13.1. The summed E-state index contributed by atoms with van der Waals surface area (Å²) < 4.78 is 12.1. The van der Waals surface area contributed by atoms with E-state index in [-0.39, 0.29) is 22.7 Å². The van der Waals surface area contributed by atoms with Crippen LogP contribution in [0, 0.1) is 17.3 Å². The summed E-state index contributed by atoms with van der Waals surface area (Å²) in [5, 5.41) is 3.76. The Morgan fingerprint density at radius 3 is 2.61 bits per heavy atom. The molecule has 192 valence electrons.